The summed E-state index contributed by atoms with van der Waals surface area (Å²) in [5, 5.41) is 2.26. The molecule has 0 amide bonds. The van der Waals surface area contributed by atoms with Crippen LogP contribution in [-0.2, 0) is 28.7 Å². The predicted octanol–water partition coefficient (Wildman–Crippen LogP) is 2.28. The molecule has 23 heavy (non-hydrogen) atoms. The van der Waals surface area contributed by atoms with Gasteiger partial charge in [0.25, 0.3) is 0 Å². The van der Waals surface area contributed by atoms with Crippen molar-refractivity contribution in [2.75, 3.05) is 0 Å². The van der Waals surface area contributed by atoms with E-state index in [1.54, 1.807) is 38.3 Å². The van der Waals surface area contributed by atoms with E-state index in [4.69, 9.17) is 0 Å². The molecule has 3 rings (SSSR count). The molecule has 2 N–H and O–H groups in total. The van der Waals surface area contributed by atoms with Crippen molar-refractivity contribution < 1.29 is 12.8 Å². The molecule has 2 unspecified atom stereocenters. The number of hydrogen-bond acceptors (Lipinski definition) is 3. The average Bonchev–Trinajstić information content (AvgIpc) is 2.88. The van der Waals surface area contributed by atoms with E-state index in [0.717, 1.165) is 11.1 Å². The second-order valence-corrected chi connectivity index (χ2v) is 8.64. The number of allylic oxidation sites excluding steroid dienone is 2. The van der Waals surface area contributed by atoms with Crippen LogP contribution in [0.15, 0.2) is 42.6 Å². The highest BCUT2D eigenvalue weighted by Gasteiger charge is 2.32. The van der Waals surface area contributed by atoms with E-state index >= 15 is 0 Å². The maximum absolute atomic E-state index is 14.9. The molecule has 0 spiro atoms. The van der Waals surface area contributed by atoms with Crippen LogP contribution in [0.5, 0.6) is 0 Å². The Balaban J connectivity index is 1.79. The Morgan fingerprint density at radius 3 is 2.65 bits per heavy atom. The molecule has 124 valence electrons. The average molecular weight is 336 g/mol. The topological polar surface area (TPSA) is 58.2 Å². The van der Waals surface area contributed by atoms with E-state index in [0.29, 0.717) is 18.4 Å². The van der Waals surface area contributed by atoms with Gasteiger partial charge in [-0.2, -0.15) is 0 Å². The Hall–Kier alpha value is -1.66. The summed E-state index contributed by atoms with van der Waals surface area (Å²) in [6.45, 7) is 3.31. The van der Waals surface area contributed by atoms with Crippen LogP contribution in [-0.4, -0.2) is 19.7 Å². The Bertz CT molecular complexity index is 771. The summed E-state index contributed by atoms with van der Waals surface area (Å²) in [4.78, 5) is 0. The van der Waals surface area contributed by atoms with E-state index in [9.17, 15) is 12.8 Å². The van der Waals surface area contributed by atoms with Crippen LogP contribution in [0.2, 0.25) is 0 Å². The maximum atomic E-state index is 14.9. The molecule has 0 fully saturated rings. The van der Waals surface area contributed by atoms with Gasteiger partial charge in [-0.15, -0.1) is 0 Å². The van der Waals surface area contributed by atoms with Crippen LogP contribution >= 0.6 is 0 Å². The Morgan fingerprint density at radius 1 is 1.26 bits per heavy atom. The minimum atomic E-state index is -3.30. The highest BCUT2D eigenvalue weighted by atomic mass is 32.2. The van der Waals surface area contributed by atoms with Crippen molar-refractivity contribution >= 4 is 10.0 Å². The lowest BCUT2D eigenvalue weighted by Crippen LogP contribution is -2.39. The molecule has 1 aromatic carbocycles. The number of sulfonamides is 1. The number of alkyl halides is 1. The highest BCUT2D eigenvalue weighted by Crippen LogP contribution is 2.31. The first kappa shape index (κ1) is 16.2. The molecule has 2 aliphatic rings. The second kappa shape index (κ2) is 5.76. The Kier molecular flexibility index (Phi) is 4.06. The molecule has 0 aromatic heterocycles. The Labute approximate surface area is 136 Å². The van der Waals surface area contributed by atoms with Gasteiger partial charge in [-0.25, -0.2) is 17.5 Å². The van der Waals surface area contributed by atoms with Gasteiger partial charge in [-0.05, 0) is 56.2 Å². The van der Waals surface area contributed by atoms with Gasteiger partial charge in [0.05, 0.1) is 5.25 Å². The molecule has 0 bridgehead atoms. The first-order valence-electron chi connectivity index (χ1n) is 7.74. The number of halogens is 1. The van der Waals surface area contributed by atoms with Crippen LogP contribution in [0.3, 0.4) is 0 Å². The number of hydrogen-bond donors (Lipinski definition) is 2. The van der Waals surface area contributed by atoms with E-state index < -0.39 is 21.1 Å². The first-order valence-corrected chi connectivity index (χ1v) is 9.29. The van der Waals surface area contributed by atoms with Gasteiger partial charge < -0.3 is 5.32 Å². The quantitative estimate of drug-likeness (QED) is 0.830. The highest BCUT2D eigenvalue weighted by molar-refractivity contribution is 7.90. The number of nitrogens with one attached hydrogen (secondary N) is 2. The molecule has 1 aliphatic carbocycles. The van der Waals surface area contributed by atoms with Crippen LogP contribution < -0.4 is 10.0 Å². The first-order chi connectivity index (χ1) is 10.8. The molecule has 1 heterocycles. The van der Waals surface area contributed by atoms with Crippen LogP contribution in [0.25, 0.3) is 0 Å². The largest absolute Gasteiger partial charge is 0.353 e. The molecule has 0 radical (unpaired) electrons. The van der Waals surface area contributed by atoms with Gasteiger partial charge in [0, 0.05) is 11.6 Å². The van der Waals surface area contributed by atoms with Crippen LogP contribution in [0.1, 0.15) is 30.5 Å². The fourth-order valence-electron chi connectivity index (χ4n) is 2.94. The third kappa shape index (κ3) is 3.19. The Morgan fingerprint density at radius 2 is 2.00 bits per heavy atom. The van der Waals surface area contributed by atoms with Crippen molar-refractivity contribution in [1.82, 2.24) is 10.0 Å². The molecule has 0 saturated heterocycles. The van der Waals surface area contributed by atoms with E-state index in [1.807, 2.05) is 12.1 Å². The molecular formula is C17H21FN2O2S. The summed E-state index contributed by atoms with van der Waals surface area (Å²) < 4.78 is 41.6. The number of fused-ring (bicyclic) bond motifs is 1. The monoisotopic (exact) mass is 336 g/mol. The standard InChI is InChI=1S/C17H21FN2O2S/c1-12(2)23(21,22)20-16-10-13-5-6-15(9-14(13)11-16)17(18)7-3-4-8-19-17/h3-9,12,16,19-20H,10-11H2,1-2H3. The second-order valence-electron chi connectivity index (χ2n) is 6.37. The fraction of sp³-hybridized carbons (Fsp3) is 0.412. The maximum Gasteiger partial charge on any atom is 0.225 e. The van der Waals surface area contributed by atoms with Gasteiger partial charge in [0.1, 0.15) is 0 Å². The zero-order valence-electron chi connectivity index (χ0n) is 13.2. The molecule has 4 nitrogen and oxygen atoms in total. The van der Waals surface area contributed by atoms with Gasteiger partial charge in [-0.3, -0.25) is 0 Å². The predicted molar refractivity (Wildman–Crippen MR) is 89.0 cm³/mol. The molecule has 2 atom stereocenters. The van der Waals surface area contributed by atoms with Crippen molar-refractivity contribution in [3.8, 4) is 0 Å². The zero-order chi connectivity index (χ0) is 16.7. The number of rotatable bonds is 4. The lowest BCUT2D eigenvalue weighted by atomic mass is 9.98. The minimum Gasteiger partial charge on any atom is -0.353 e. The number of dihydropyridines is 1. The van der Waals surface area contributed by atoms with Gasteiger partial charge >= 0.3 is 0 Å². The third-order valence-electron chi connectivity index (χ3n) is 4.34. The smallest absolute Gasteiger partial charge is 0.225 e. The molecule has 1 aliphatic heterocycles. The van der Waals surface area contributed by atoms with E-state index in [1.165, 1.54) is 6.08 Å². The normalized spacial score (nSPS) is 26.3. The molecular weight excluding hydrogens is 315 g/mol. The lowest BCUT2D eigenvalue weighted by Gasteiger charge is -2.25. The van der Waals surface area contributed by atoms with E-state index in [-0.39, 0.29) is 6.04 Å². The summed E-state index contributed by atoms with van der Waals surface area (Å²) >= 11 is 0. The van der Waals surface area contributed by atoms with Gasteiger partial charge in [0.15, 0.2) is 0 Å². The third-order valence-corrected chi connectivity index (χ3v) is 6.24. The summed E-state index contributed by atoms with van der Waals surface area (Å²) in [7, 11) is -3.30. The van der Waals surface area contributed by atoms with E-state index in [2.05, 4.69) is 10.0 Å². The van der Waals surface area contributed by atoms with Crippen molar-refractivity contribution in [3.05, 3.63) is 59.3 Å². The van der Waals surface area contributed by atoms with Crippen molar-refractivity contribution in [1.29, 1.82) is 0 Å². The summed E-state index contributed by atoms with van der Waals surface area (Å²) in [6.07, 6.45) is 7.69. The van der Waals surface area contributed by atoms with Crippen molar-refractivity contribution in [2.45, 2.75) is 43.8 Å². The molecule has 1 aromatic rings. The molecule has 0 saturated carbocycles. The summed E-state index contributed by atoms with van der Waals surface area (Å²) in [6, 6.07) is 5.33. The molecule has 6 heteroatoms. The lowest BCUT2D eigenvalue weighted by molar-refractivity contribution is 0.200. The fourth-order valence-corrected chi connectivity index (χ4v) is 3.84. The number of benzene rings is 1. The minimum absolute atomic E-state index is 0.155. The summed E-state index contributed by atoms with van der Waals surface area (Å²) in [5.74, 6) is -1.71. The zero-order valence-corrected chi connectivity index (χ0v) is 14.0. The van der Waals surface area contributed by atoms with Crippen molar-refractivity contribution in [3.63, 3.8) is 0 Å². The van der Waals surface area contributed by atoms with Crippen molar-refractivity contribution in [2.24, 2.45) is 0 Å². The van der Waals surface area contributed by atoms with Gasteiger partial charge in [0.2, 0.25) is 15.8 Å². The summed E-state index contributed by atoms with van der Waals surface area (Å²) in [5.41, 5.74) is 2.61. The van der Waals surface area contributed by atoms with Gasteiger partial charge in [-0.1, -0.05) is 24.3 Å². The SMILES string of the molecule is CC(C)S(=O)(=O)NC1Cc2ccc(C3(F)C=CC=CN3)cc2C1. The van der Waals surface area contributed by atoms with Crippen LogP contribution in [0, 0.1) is 0 Å². The van der Waals surface area contributed by atoms with Crippen LogP contribution in [0.4, 0.5) is 4.39 Å².